The third-order valence-electron chi connectivity index (χ3n) is 6.71. The molecule has 1 saturated carbocycles. The van der Waals surface area contributed by atoms with E-state index in [0.29, 0.717) is 17.9 Å². The second-order valence-electron chi connectivity index (χ2n) is 9.70. The fourth-order valence-corrected chi connectivity index (χ4v) is 5.01. The molecule has 2 aromatic rings. The summed E-state index contributed by atoms with van der Waals surface area (Å²) in [6, 6.07) is 22.2. The highest BCUT2D eigenvalue weighted by Gasteiger charge is 2.31. The van der Waals surface area contributed by atoms with Crippen LogP contribution in [0.2, 0.25) is 0 Å². The van der Waals surface area contributed by atoms with Gasteiger partial charge in [-0.3, -0.25) is 4.90 Å². The summed E-state index contributed by atoms with van der Waals surface area (Å²) in [7, 11) is 0. The molecular weight excluding hydrogens is 366 g/mol. The van der Waals surface area contributed by atoms with Crippen LogP contribution in [0.5, 0.6) is 0 Å². The first-order valence-corrected chi connectivity index (χ1v) is 12.1. The van der Waals surface area contributed by atoms with E-state index in [2.05, 4.69) is 79.4 Å². The molecule has 0 amide bonds. The predicted octanol–water partition coefficient (Wildman–Crippen LogP) is 6.82. The zero-order valence-electron chi connectivity index (χ0n) is 19.0. The fraction of sp³-hybridized carbons (Fsp3) is 0.571. The number of hydrogen-bond donors (Lipinski definition) is 1. The van der Waals surface area contributed by atoms with Crippen LogP contribution in [0.15, 0.2) is 60.7 Å². The molecule has 1 N–H and O–H groups in total. The lowest BCUT2D eigenvalue weighted by Crippen LogP contribution is -2.43. The number of rotatable bonds is 11. The summed E-state index contributed by atoms with van der Waals surface area (Å²) in [4.78, 5) is 2.67. The van der Waals surface area contributed by atoms with Crippen molar-refractivity contribution in [1.82, 2.24) is 4.90 Å². The van der Waals surface area contributed by atoms with Crippen molar-refractivity contribution in [2.45, 2.75) is 90.4 Å². The Labute approximate surface area is 184 Å². The Morgan fingerprint density at radius 3 is 1.83 bits per heavy atom. The Bertz CT molecular complexity index is 652. The molecule has 3 rings (SSSR count). The van der Waals surface area contributed by atoms with Crippen LogP contribution in [-0.4, -0.2) is 22.2 Å². The average molecular weight is 408 g/mol. The molecule has 0 unspecified atom stereocenters. The molecule has 0 aliphatic heterocycles. The predicted molar refractivity (Wildman–Crippen MR) is 127 cm³/mol. The molecule has 1 aliphatic carbocycles. The molecule has 2 aromatic carbocycles. The molecule has 2 atom stereocenters. The molecule has 0 saturated heterocycles. The monoisotopic (exact) mass is 407 g/mol. The maximum Gasteiger partial charge on any atom is 0.0555 e. The Balaban J connectivity index is 1.81. The van der Waals surface area contributed by atoms with E-state index in [1.165, 1.54) is 43.2 Å². The largest absolute Gasteiger partial charge is 0.393 e. The maximum atomic E-state index is 11.0. The van der Waals surface area contributed by atoms with Crippen LogP contribution in [0.4, 0.5) is 0 Å². The minimum atomic E-state index is -0.201. The highest BCUT2D eigenvalue weighted by atomic mass is 16.3. The lowest BCUT2D eigenvalue weighted by atomic mass is 9.80. The number of aliphatic hydroxyl groups is 1. The molecule has 164 valence electrons. The van der Waals surface area contributed by atoms with Gasteiger partial charge in [0.2, 0.25) is 0 Å². The summed E-state index contributed by atoms with van der Waals surface area (Å²) < 4.78 is 0. The van der Waals surface area contributed by atoms with Gasteiger partial charge in [0.15, 0.2) is 0 Å². The van der Waals surface area contributed by atoms with Crippen LogP contribution in [0.3, 0.4) is 0 Å². The van der Waals surface area contributed by atoms with Crippen LogP contribution >= 0.6 is 0 Å². The standard InChI is InChI=1S/C28H41NO/c1-23(2)18-19-27(30)20-28(26-16-10-5-11-17-26)29(21-24-12-6-3-7-13-24)22-25-14-8-4-9-15-25/h3-4,6-9,12-15,23,26-28,30H,5,10-11,16-22H2,1-2H3/t27-,28-/m0/s1. The minimum absolute atomic E-state index is 0.201. The van der Waals surface area contributed by atoms with Crippen molar-refractivity contribution < 1.29 is 5.11 Å². The SMILES string of the molecule is CC(C)CC[C@H](O)C[C@@H](C1CCCCC1)N(Cc1ccccc1)Cc1ccccc1. The normalized spacial score (nSPS) is 17.4. The summed E-state index contributed by atoms with van der Waals surface area (Å²) in [5.74, 6) is 1.34. The van der Waals surface area contributed by atoms with Crippen molar-refractivity contribution in [3.63, 3.8) is 0 Å². The van der Waals surface area contributed by atoms with E-state index in [0.717, 1.165) is 32.4 Å². The molecule has 30 heavy (non-hydrogen) atoms. The number of aliphatic hydroxyl groups excluding tert-OH is 1. The summed E-state index contributed by atoms with van der Waals surface area (Å²) in [5.41, 5.74) is 2.73. The van der Waals surface area contributed by atoms with Gasteiger partial charge in [0.05, 0.1) is 6.10 Å². The molecular formula is C28H41NO. The van der Waals surface area contributed by atoms with Crippen LogP contribution < -0.4 is 0 Å². The topological polar surface area (TPSA) is 23.5 Å². The molecule has 0 aromatic heterocycles. The smallest absolute Gasteiger partial charge is 0.0555 e. The highest BCUT2D eigenvalue weighted by Crippen LogP contribution is 2.33. The van der Waals surface area contributed by atoms with Gasteiger partial charge in [-0.05, 0) is 55.1 Å². The van der Waals surface area contributed by atoms with Crippen molar-refractivity contribution >= 4 is 0 Å². The zero-order valence-corrected chi connectivity index (χ0v) is 19.0. The first-order valence-electron chi connectivity index (χ1n) is 12.1. The highest BCUT2D eigenvalue weighted by molar-refractivity contribution is 5.17. The zero-order chi connectivity index (χ0) is 21.2. The fourth-order valence-electron chi connectivity index (χ4n) is 5.01. The van der Waals surface area contributed by atoms with E-state index in [1.807, 2.05) is 0 Å². The number of hydrogen-bond acceptors (Lipinski definition) is 2. The third kappa shape index (κ3) is 7.56. The van der Waals surface area contributed by atoms with E-state index in [4.69, 9.17) is 0 Å². The molecule has 1 aliphatic rings. The minimum Gasteiger partial charge on any atom is -0.393 e. The summed E-state index contributed by atoms with van der Waals surface area (Å²) >= 11 is 0. The van der Waals surface area contributed by atoms with Crippen molar-refractivity contribution in [3.05, 3.63) is 71.8 Å². The van der Waals surface area contributed by atoms with Gasteiger partial charge in [-0.2, -0.15) is 0 Å². The molecule has 0 heterocycles. The van der Waals surface area contributed by atoms with Crippen molar-refractivity contribution in [1.29, 1.82) is 0 Å². The average Bonchev–Trinajstić information content (AvgIpc) is 2.78. The first kappa shape index (κ1) is 23.0. The van der Waals surface area contributed by atoms with E-state index >= 15 is 0 Å². The van der Waals surface area contributed by atoms with Gasteiger partial charge in [-0.1, -0.05) is 93.8 Å². The first-order chi connectivity index (χ1) is 14.6. The van der Waals surface area contributed by atoms with E-state index in [9.17, 15) is 5.11 Å². The van der Waals surface area contributed by atoms with E-state index in [-0.39, 0.29) is 6.10 Å². The summed E-state index contributed by atoms with van der Waals surface area (Å²) in [6.07, 6.45) is 9.40. The van der Waals surface area contributed by atoms with Crippen LogP contribution in [0.25, 0.3) is 0 Å². The summed E-state index contributed by atoms with van der Waals surface area (Å²) in [6.45, 7) is 6.41. The molecule has 1 fully saturated rings. The maximum absolute atomic E-state index is 11.0. The number of benzene rings is 2. The molecule has 0 spiro atoms. The van der Waals surface area contributed by atoms with Gasteiger partial charge in [-0.25, -0.2) is 0 Å². The van der Waals surface area contributed by atoms with Gasteiger partial charge >= 0.3 is 0 Å². The quantitative estimate of drug-likeness (QED) is 0.441. The van der Waals surface area contributed by atoms with Crippen LogP contribution in [0, 0.1) is 11.8 Å². The lowest BCUT2D eigenvalue weighted by molar-refractivity contribution is 0.0437. The summed E-state index contributed by atoms with van der Waals surface area (Å²) in [5, 5.41) is 11.0. The second kappa shape index (κ2) is 12.3. The Morgan fingerprint density at radius 2 is 1.33 bits per heavy atom. The van der Waals surface area contributed by atoms with Gasteiger partial charge < -0.3 is 5.11 Å². The Morgan fingerprint density at radius 1 is 0.800 bits per heavy atom. The van der Waals surface area contributed by atoms with Crippen molar-refractivity contribution in [2.24, 2.45) is 11.8 Å². The molecule has 0 bridgehead atoms. The van der Waals surface area contributed by atoms with E-state index < -0.39 is 0 Å². The number of nitrogens with zero attached hydrogens (tertiary/aromatic N) is 1. The Kier molecular flexibility index (Phi) is 9.42. The van der Waals surface area contributed by atoms with Gasteiger partial charge in [0.25, 0.3) is 0 Å². The molecule has 0 radical (unpaired) electrons. The Hall–Kier alpha value is -1.64. The molecule has 2 nitrogen and oxygen atoms in total. The van der Waals surface area contributed by atoms with Crippen LogP contribution in [-0.2, 0) is 13.1 Å². The van der Waals surface area contributed by atoms with Gasteiger partial charge in [-0.15, -0.1) is 0 Å². The van der Waals surface area contributed by atoms with Gasteiger partial charge in [0.1, 0.15) is 0 Å². The van der Waals surface area contributed by atoms with Crippen molar-refractivity contribution in [2.75, 3.05) is 0 Å². The van der Waals surface area contributed by atoms with Crippen LogP contribution in [0.1, 0.15) is 76.3 Å². The van der Waals surface area contributed by atoms with Crippen molar-refractivity contribution in [3.8, 4) is 0 Å². The van der Waals surface area contributed by atoms with E-state index in [1.54, 1.807) is 0 Å². The molecule has 2 heteroatoms. The lowest BCUT2D eigenvalue weighted by Gasteiger charge is -2.40. The third-order valence-corrected chi connectivity index (χ3v) is 6.71. The van der Waals surface area contributed by atoms with Gasteiger partial charge in [0, 0.05) is 19.1 Å². The second-order valence-corrected chi connectivity index (χ2v) is 9.70.